The summed E-state index contributed by atoms with van der Waals surface area (Å²) in [6.45, 7) is 0.602. The average Bonchev–Trinajstić information content (AvgIpc) is 3.22. The van der Waals surface area contributed by atoms with E-state index in [1.807, 2.05) is 42.5 Å². The number of nitrogens with zero attached hydrogens (tertiary/aromatic N) is 1. The van der Waals surface area contributed by atoms with Gasteiger partial charge < -0.3 is 18.9 Å². The van der Waals surface area contributed by atoms with Crippen molar-refractivity contribution in [1.82, 2.24) is 4.90 Å². The van der Waals surface area contributed by atoms with Crippen molar-refractivity contribution in [2.75, 3.05) is 20.8 Å². The zero-order valence-corrected chi connectivity index (χ0v) is 16.9. The maximum atomic E-state index is 13.0. The van der Waals surface area contributed by atoms with Gasteiger partial charge in [-0.25, -0.2) is 9.59 Å². The van der Waals surface area contributed by atoms with E-state index in [2.05, 4.69) is 0 Å². The van der Waals surface area contributed by atoms with Crippen LogP contribution in [-0.4, -0.2) is 43.8 Å². The highest BCUT2D eigenvalue weighted by atomic mass is 16.6. The van der Waals surface area contributed by atoms with Gasteiger partial charge in [0.25, 0.3) is 0 Å². The molecule has 0 radical (unpaired) electrons. The van der Waals surface area contributed by atoms with Crippen LogP contribution in [0.5, 0.6) is 11.5 Å². The Labute approximate surface area is 174 Å². The molecule has 0 fully saturated rings. The molecule has 156 valence electrons. The predicted molar refractivity (Wildman–Crippen MR) is 108 cm³/mol. The first-order chi connectivity index (χ1) is 14.6. The number of fused-ring (bicyclic) bond motifs is 1. The normalized spacial score (nSPS) is 19.8. The number of hydrogen-bond donors (Lipinski definition) is 0. The minimum Gasteiger partial charge on any atom is -0.493 e. The maximum Gasteiger partial charge on any atom is 0.410 e. The van der Waals surface area contributed by atoms with E-state index in [0.29, 0.717) is 24.5 Å². The first-order valence-corrected chi connectivity index (χ1v) is 9.71. The maximum absolute atomic E-state index is 13.0. The third-order valence-corrected chi connectivity index (χ3v) is 5.35. The van der Waals surface area contributed by atoms with Crippen molar-refractivity contribution in [3.63, 3.8) is 0 Å². The van der Waals surface area contributed by atoms with E-state index in [1.165, 1.54) is 6.08 Å². The van der Waals surface area contributed by atoms with Crippen LogP contribution in [0.15, 0.2) is 54.6 Å². The Kier molecular flexibility index (Phi) is 5.61. The van der Waals surface area contributed by atoms with Gasteiger partial charge >= 0.3 is 12.1 Å². The lowest BCUT2D eigenvalue weighted by atomic mass is 9.89. The fraction of sp³-hybridized carbons (Fsp3) is 0.304. The number of cyclic esters (lactones) is 1. The summed E-state index contributed by atoms with van der Waals surface area (Å²) >= 11 is 0. The highest BCUT2D eigenvalue weighted by Gasteiger charge is 2.40. The number of ether oxygens (including phenoxy) is 4. The molecule has 0 spiro atoms. The Hall–Kier alpha value is -3.48. The van der Waals surface area contributed by atoms with Gasteiger partial charge in [0.2, 0.25) is 0 Å². The number of carbonyl (C=O) groups excluding carboxylic acids is 2. The Morgan fingerprint density at radius 2 is 1.87 bits per heavy atom. The summed E-state index contributed by atoms with van der Waals surface area (Å²) in [4.78, 5) is 26.3. The minimum absolute atomic E-state index is 0.169. The number of hydrogen-bond acceptors (Lipinski definition) is 6. The molecule has 2 aliphatic heterocycles. The second kappa shape index (κ2) is 8.49. The standard InChI is InChI=1S/C23H23NO6/c1-27-19-12-16-10-11-24(23(26)29-14-15-6-4-3-5-7-15)22(17(16)13-20(19)28-2)18-8-9-21(25)30-18/h3-9,12-13,18,22H,10-11,14H2,1-2H3/t18?,22-/m1/s1. The van der Waals surface area contributed by atoms with Gasteiger partial charge in [-0.3, -0.25) is 4.90 Å². The molecule has 2 atom stereocenters. The predicted octanol–water partition coefficient (Wildman–Crippen LogP) is 3.42. The van der Waals surface area contributed by atoms with Gasteiger partial charge in [0.05, 0.1) is 14.2 Å². The molecule has 2 aliphatic rings. The quantitative estimate of drug-likeness (QED) is 0.705. The van der Waals surface area contributed by atoms with Crippen molar-refractivity contribution in [2.24, 2.45) is 0 Å². The van der Waals surface area contributed by atoms with Crippen LogP contribution in [0.2, 0.25) is 0 Å². The number of esters is 1. The van der Waals surface area contributed by atoms with E-state index in [4.69, 9.17) is 18.9 Å². The van der Waals surface area contributed by atoms with Crippen LogP contribution < -0.4 is 9.47 Å². The molecule has 1 amide bonds. The van der Waals surface area contributed by atoms with Crippen molar-refractivity contribution >= 4 is 12.1 Å². The van der Waals surface area contributed by atoms with Crippen molar-refractivity contribution in [3.05, 3.63) is 71.3 Å². The van der Waals surface area contributed by atoms with E-state index >= 15 is 0 Å². The third-order valence-electron chi connectivity index (χ3n) is 5.35. The zero-order chi connectivity index (χ0) is 21.1. The lowest BCUT2D eigenvalue weighted by molar-refractivity contribution is -0.141. The first kappa shape index (κ1) is 19.8. The summed E-state index contributed by atoms with van der Waals surface area (Å²) in [5, 5.41) is 0. The Balaban J connectivity index is 1.64. The summed E-state index contributed by atoms with van der Waals surface area (Å²) in [6, 6.07) is 12.7. The highest BCUT2D eigenvalue weighted by Crippen LogP contribution is 2.41. The second-order valence-electron chi connectivity index (χ2n) is 7.10. The molecule has 0 saturated carbocycles. The van der Waals surface area contributed by atoms with Crippen molar-refractivity contribution in [1.29, 1.82) is 0 Å². The number of carbonyl (C=O) groups is 2. The van der Waals surface area contributed by atoms with Crippen LogP contribution >= 0.6 is 0 Å². The lowest BCUT2D eigenvalue weighted by Gasteiger charge is -2.38. The van der Waals surface area contributed by atoms with E-state index < -0.39 is 24.2 Å². The number of benzene rings is 2. The Morgan fingerprint density at radius 1 is 1.13 bits per heavy atom. The molecule has 2 aromatic carbocycles. The summed E-state index contributed by atoms with van der Waals surface area (Å²) in [6.07, 6.45) is 2.63. The SMILES string of the molecule is COc1cc2c(cc1OC)[C@H](C1C=CC(=O)O1)N(C(=O)OCc1ccccc1)CC2. The van der Waals surface area contributed by atoms with Gasteiger partial charge in [-0.2, -0.15) is 0 Å². The van der Waals surface area contributed by atoms with E-state index in [9.17, 15) is 9.59 Å². The summed E-state index contributed by atoms with van der Waals surface area (Å²) in [7, 11) is 3.14. The van der Waals surface area contributed by atoms with Crippen LogP contribution in [0.3, 0.4) is 0 Å². The largest absolute Gasteiger partial charge is 0.493 e. The molecule has 0 aliphatic carbocycles. The first-order valence-electron chi connectivity index (χ1n) is 9.71. The minimum atomic E-state index is -0.598. The van der Waals surface area contributed by atoms with Crippen LogP contribution in [0, 0.1) is 0 Å². The topological polar surface area (TPSA) is 74.3 Å². The van der Waals surface area contributed by atoms with Crippen molar-refractivity contribution < 1.29 is 28.5 Å². The van der Waals surface area contributed by atoms with Gasteiger partial charge in [0, 0.05) is 12.6 Å². The molecule has 0 N–H and O–H groups in total. The molecular formula is C23H23NO6. The lowest BCUT2D eigenvalue weighted by Crippen LogP contribution is -2.45. The smallest absolute Gasteiger partial charge is 0.410 e. The van der Waals surface area contributed by atoms with E-state index in [-0.39, 0.29) is 6.61 Å². The van der Waals surface area contributed by atoms with Gasteiger partial charge in [-0.1, -0.05) is 30.3 Å². The number of amides is 1. The second-order valence-corrected chi connectivity index (χ2v) is 7.10. The third kappa shape index (κ3) is 3.83. The van der Waals surface area contributed by atoms with E-state index in [0.717, 1.165) is 16.7 Å². The summed E-state index contributed by atoms with van der Waals surface area (Å²) in [5.41, 5.74) is 2.76. The Morgan fingerprint density at radius 3 is 2.53 bits per heavy atom. The zero-order valence-electron chi connectivity index (χ0n) is 16.9. The van der Waals surface area contributed by atoms with Crippen molar-refractivity contribution in [2.45, 2.75) is 25.2 Å². The van der Waals surface area contributed by atoms with Crippen molar-refractivity contribution in [3.8, 4) is 11.5 Å². The van der Waals surface area contributed by atoms with Crippen LogP contribution in [0.4, 0.5) is 4.79 Å². The summed E-state index contributed by atoms with van der Waals surface area (Å²) < 4.78 is 21.9. The molecule has 2 heterocycles. The molecule has 0 bridgehead atoms. The van der Waals surface area contributed by atoms with Crippen LogP contribution in [-0.2, 0) is 27.3 Å². The Bertz CT molecular complexity index is 971. The van der Waals surface area contributed by atoms with Gasteiger partial charge in [0.1, 0.15) is 18.8 Å². The van der Waals surface area contributed by atoms with Crippen LogP contribution in [0.25, 0.3) is 0 Å². The molecule has 7 heteroatoms. The fourth-order valence-electron chi connectivity index (χ4n) is 3.89. The average molecular weight is 409 g/mol. The highest BCUT2D eigenvalue weighted by molar-refractivity contribution is 5.84. The fourth-order valence-corrected chi connectivity index (χ4v) is 3.89. The van der Waals surface area contributed by atoms with Gasteiger partial charge in [0.15, 0.2) is 11.5 Å². The molecular weight excluding hydrogens is 386 g/mol. The van der Waals surface area contributed by atoms with E-state index in [1.54, 1.807) is 25.2 Å². The molecule has 30 heavy (non-hydrogen) atoms. The molecule has 1 unspecified atom stereocenters. The molecule has 4 rings (SSSR count). The molecule has 7 nitrogen and oxygen atoms in total. The van der Waals surface area contributed by atoms with Gasteiger partial charge in [-0.15, -0.1) is 0 Å². The summed E-state index contributed by atoms with van der Waals surface area (Å²) in [5.74, 6) is 0.744. The van der Waals surface area contributed by atoms with Gasteiger partial charge in [-0.05, 0) is 41.3 Å². The number of rotatable bonds is 5. The monoisotopic (exact) mass is 409 g/mol. The molecule has 2 aromatic rings. The van der Waals surface area contributed by atoms with Crippen LogP contribution in [0.1, 0.15) is 22.7 Å². The molecule has 0 aromatic heterocycles. The molecule has 0 saturated heterocycles. The number of methoxy groups -OCH3 is 2.